The number of unbranched alkanes of at least 4 members (excludes halogenated alkanes) is 20. The van der Waals surface area contributed by atoms with Gasteiger partial charge in [-0.25, -0.2) is 0 Å². The Kier molecular flexibility index (Phi) is 50.4. The Hall–Kier alpha value is -4.74. The molecule has 84 heavy (non-hydrogen) atoms. The Bertz CT molecular complexity index is 2210. The maximum absolute atomic E-state index is 13.6. The number of carbonyl (C=O) groups excluding carboxylic acids is 4. The summed E-state index contributed by atoms with van der Waals surface area (Å²) in [5, 5.41) is 0.342. The number of benzene rings is 1. The van der Waals surface area contributed by atoms with E-state index < -0.39 is 22.2 Å². The molecule has 12 nitrogen and oxygen atoms in total. The van der Waals surface area contributed by atoms with Crippen LogP contribution in [0.2, 0.25) is 0 Å². The lowest BCUT2D eigenvalue weighted by atomic mass is 9.78. The highest BCUT2D eigenvalue weighted by atomic mass is 16.2. The minimum absolute atomic E-state index is 0. The van der Waals surface area contributed by atoms with Crippen molar-refractivity contribution in [3.8, 4) is 0 Å². The number of hydrogen-bond acceptors (Lipinski definition) is 8. The molecule has 2 aliphatic heterocycles. The first-order valence-corrected chi connectivity index (χ1v) is 31.8. The van der Waals surface area contributed by atoms with E-state index in [9.17, 15) is 38.4 Å². The molecule has 2 fully saturated rings. The molecule has 2 saturated carbocycles. The summed E-state index contributed by atoms with van der Waals surface area (Å²) in [5.74, 6) is -1.77. The maximum atomic E-state index is 13.6. The van der Waals surface area contributed by atoms with Gasteiger partial charge in [-0.15, -0.1) is 0 Å². The van der Waals surface area contributed by atoms with E-state index in [0.717, 1.165) is 51.4 Å². The van der Waals surface area contributed by atoms with E-state index in [1.54, 1.807) is 0 Å². The van der Waals surface area contributed by atoms with E-state index in [1.165, 1.54) is 209 Å². The molecule has 2 aromatic heterocycles. The van der Waals surface area contributed by atoms with Gasteiger partial charge in [-0.3, -0.25) is 57.3 Å². The van der Waals surface area contributed by atoms with Gasteiger partial charge in [-0.05, 0) is 61.5 Å². The first kappa shape index (κ1) is 85.7. The van der Waals surface area contributed by atoms with Crippen LogP contribution in [0.15, 0.2) is 55.6 Å². The van der Waals surface area contributed by atoms with Crippen LogP contribution >= 0.6 is 0 Å². The van der Waals surface area contributed by atoms with Crippen molar-refractivity contribution in [2.75, 3.05) is 13.1 Å². The Morgan fingerprint density at radius 3 is 0.667 bits per heavy atom. The van der Waals surface area contributed by atoms with Crippen LogP contribution in [0.25, 0.3) is 21.5 Å². The molecule has 1 aromatic carbocycles. The zero-order chi connectivity index (χ0) is 57.2. The molecule has 4 atom stereocenters. The minimum atomic E-state index is -0.526. The first-order valence-electron chi connectivity index (χ1n) is 31.8. The Morgan fingerprint density at radius 1 is 0.286 bits per heavy atom. The first-order chi connectivity index (χ1) is 37.8. The average molecular weight is 1180 g/mol. The minimum Gasteiger partial charge on any atom is -0.275 e. The van der Waals surface area contributed by atoms with Crippen LogP contribution in [0.5, 0.6) is 0 Å². The second kappa shape index (κ2) is 49.4. The van der Waals surface area contributed by atoms with Crippen LogP contribution in [-0.4, -0.2) is 55.7 Å². The largest absolute Gasteiger partial charge is 0.275 e. The zero-order valence-electron chi connectivity index (χ0n) is 50.3. The number of amides is 4. The van der Waals surface area contributed by atoms with E-state index in [1.807, 2.05) is 0 Å². The van der Waals surface area contributed by atoms with Gasteiger partial charge in [0.25, 0.3) is 45.9 Å². The van der Waals surface area contributed by atoms with Crippen LogP contribution in [0, 0.1) is 23.7 Å². The number of imide groups is 2. The summed E-state index contributed by atoms with van der Waals surface area (Å²) < 4.78 is 2.34. The molecule has 486 valence electrons. The fraction of sp³-hybridized carbons (Fsp3) is 0.750. The second-order valence-electron chi connectivity index (χ2n) is 22.9. The molecule has 4 heterocycles. The van der Waals surface area contributed by atoms with Crippen molar-refractivity contribution in [1.29, 1.82) is 0 Å². The van der Waals surface area contributed by atoms with Crippen LogP contribution < -0.4 is 22.2 Å². The fourth-order valence-electron chi connectivity index (χ4n) is 11.5. The van der Waals surface area contributed by atoms with Crippen molar-refractivity contribution < 1.29 is 19.2 Å². The molecule has 2 aliphatic carbocycles. The quantitative estimate of drug-likeness (QED) is 0.0514. The monoisotopic (exact) mass is 1180 g/mol. The van der Waals surface area contributed by atoms with E-state index in [-0.39, 0.29) is 140 Å². The lowest BCUT2D eigenvalue weighted by Crippen LogP contribution is -2.41. The highest BCUT2D eigenvalue weighted by Crippen LogP contribution is 2.34. The standard InChI is InChI=1S/C34H34N4O8.2C9H20.2C7H16.6CH4/c39-27-9-10-28(40)35(27)15-19-5-1-3-7-21(19)17-37-31(43)23-13-25-26(14-24(23)32(37)44)34(46)38(33(25)45)18-22-8-4-2-6-20(22)16-36-29(41)11-12-30(36)42;2*1-3-5-7-9-8-6-4-2;2*1-3-5-7-6-4-2;;;;;;/h9-14,19-22H,1-8,15-18H2;2*3-9H2,1-2H3;2*3-7H2,1-2H3;6*1H4. The predicted octanol–water partition coefficient (Wildman–Crippen LogP) is 18.7. The van der Waals surface area contributed by atoms with Gasteiger partial charge in [0.05, 0.1) is 21.5 Å². The van der Waals surface area contributed by atoms with Gasteiger partial charge in [-0.2, -0.15) is 0 Å². The molecular weight excluding hydrogens is 1050 g/mol. The summed E-state index contributed by atoms with van der Waals surface area (Å²) in [7, 11) is 0. The smallest absolute Gasteiger partial charge is 0.261 e. The van der Waals surface area contributed by atoms with E-state index >= 15 is 0 Å². The second-order valence-corrected chi connectivity index (χ2v) is 22.9. The number of fused-ring (bicyclic) bond motifs is 2. The summed E-state index contributed by atoms with van der Waals surface area (Å²) >= 11 is 0. The van der Waals surface area contributed by atoms with Crippen molar-refractivity contribution in [3.63, 3.8) is 0 Å². The van der Waals surface area contributed by atoms with Crippen molar-refractivity contribution in [1.82, 2.24) is 18.9 Å². The van der Waals surface area contributed by atoms with Crippen molar-refractivity contribution in [2.45, 2.75) is 319 Å². The average Bonchev–Trinajstić information content (AvgIpc) is 4.23. The van der Waals surface area contributed by atoms with Crippen LogP contribution in [0.4, 0.5) is 0 Å². The summed E-state index contributed by atoms with van der Waals surface area (Å²) in [6.07, 6.45) is 45.6. The van der Waals surface area contributed by atoms with Crippen LogP contribution in [0.1, 0.15) is 305 Å². The summed E-state index contributed by atoms with van der Waals surface area (Å²) in [6, 6.07) is 2.73. The van der Waals surface area contributed by atoms with Gasteiger partial charge in [-0.1, -0.05) is 280 Å². The third kappa shape index (κ3) is 27.7. The lowest BCUT2D eigenvalue weighted by molar-refractivity contribution is -0.139. The molecule has 0 bridgehead atoms. The number of aromatic nitrogens is 2. The highest BCUT2D eigenvalue weighted by molar-refractivity contribution is 6.13. The molecule has 0 N–H and O–H groups in total. The number of rotatable bonds is 28. The Balaban J connectivity index is -0.000000695. The van der Waals surface area contributed by atoms with Gasteiger partial charge in [0.2, 0.25) is 0 Å². The molecule has 0 spiro atoms. The summed E-state index contributed by atoms with van der Waals surface area (Å²) in [5.41, 5.74) is -2.10. The van der Waals surface area contributed by atoms with Gasteiger partial charge < -0.3 is 0 Å². The molecule has 0 saturated heterocycles. The normalized spacial score (nSPS) is 17.6. The number of hydrogen-bond donors (Lipinski definition) is 0. The summed E-state index contributed by atoms with van der Waals surface area (Å²) in [6.45, 7) is 18.7. The van der Waals surface area contributed by atoms with E-state index in [0.29, 0.717) is 0 Å². The Morgan fingerprint density at radius 2 is 0.464 bits per heavy atom. The highest BCUT2D eigenvalue weighted by Gasteiger charge is 2.35. The summed E-state index contributed by atoms with van der Waals surface area (Å²) in [4.78, 5) is 105. The molecule has 3 aromatic rings. The molecule has 7 rings (SSSR count). The van der Waals surface area contributed by atoms with Gasteiger partial charge in [0.1, 0.15) is 0 Å². The maximum Gasteiger partial charge on any atom is 0.261 e. The molecule has 4 unspecified atom stereocenters. The number of carbonyl (C=O) groups is 4. The van der Waals surface area contributed by atoms with Crippen molar-refractivity contribution in [3.05, 3.63) is 77.9 Å². The third-order valence-corrected chi connectivity index (χ3v) is 16.5. The number of nitrogens with zero attached hydrogens (tertiary/aromatic N) is 4. The topological polar surface area (TPSA) is 153 Å². The SMILES string of the molecule is C.C.C.C.C.C.CCCCCCC.CCCCCCC.CCCCCCCCC.CCCCCCCCC.O=C1C=CC(=O)N1CC1CCCCC1Cn1c(=O)c2cc3c(=O)n(CC4CCCCC4CN4C(=O)C=CC4=O)c(=O)c3cc2c1=O. The molecular formula is C72H130N4O8. The third-order valence-electron chi connectivity index (χ3n) is 16.5. The van der Waals surface area contributed by atoms with Crippen molar-refractivity contribution >= 4 is 45.2 Å². The van der Waals surface area contributed by atoms with Crippen molar-refractivity contribution in [2.24, 2.45) is 23.7 Å². The molecule has 4 aliphatic rings. The van der Waals surface area contributed by atoms with E-state index in [2.05, 4.69) is 55.4 Å². The van der Waals surface area contributed by atoms with Gasteiger partial charge in [0.15, 0.2) is 0 Å². The molecule has 0 radical (unpaired) electrons. The van der Waals surface area contributed by atoms with E-state index in [4.69, 9.17) is 0 Å². The van der Waals surface area contributed by atoms with Gasteiger partial charge in [0, 0.05) is 50.5 Å². The lowest BCUT2D eigenvalue weighted by Gasteiger charge is -2.33. The van der Waals surface area contributed by atoms with Crippen LogP contribution in [-0.2, 0) is 32.3 Å². The predicted molar refractivity (Wildman–Crippen MR) is 364 cm³/mol. The van der Waals surface area contributed by atoms with Crippen LogP contribution in [0.3, 0.4) is 0 Å². The fourth-order valence-corrected chi connectivity index (χ4v) is 11.5. The zero-order valence-corrected chi connectivity index (χ0v) is 50.3. The van der Waals surface area contributed by atoms with Gasteiger partial charge >= 0.3 is 0 Å². The molecule has 12 heteroatoms. The Labute approximate surface area is 514 Å². The molecule has 4 amide bonds.